The van der Waals surface area contributed by atoms with Crippen LogP contribution in [-0.4, -0.2) is 26.4 Å². The van der Waals surface area contributed by atoms with Gasteiger partial charge in [0.05, 0.1) is 6.20 Å². The van der Waals surface area contributed by atoms with Gasteiger partial charge in [-0.3, -0.25) is 9.48 Å². The van der Waals surface area contributed by atoms with E-state index in [1.165, 1.54) is 0 Å². The number of rotatable bonds is 4. The fraction of sp³-hybridized carbons (Fsp3) is 0.364. The molecule has 0 bridgehead atoms. The number of nitrogens with zero attached hydrogens (tertiary/aromatic N) is 3. The van der Waals surface area contributed by atoms with Crippen molar-refractivity contribution in [2.24, 2.45) is 7.05 Å². The molecular formula is C11H14N4OS. The second-order valence-electron chi connectivity index (χ2n) is 3.77. The van der Waals surface area contributed by atoms with Crippen molar-refractivity contribution in [1.29, 1.82) is 0 Å². The summed E-state index contributed by atoms with van der Waals surface area (Å²) in [6, 6.07) is 1.98. The molecule has 1 N–H and O–H groups in total. The Balaban J connectivity index is 2.07. The fourth-order valence-electron chi connectivity index (χ4n) is 1.58. The van der Waals surface area contributed by atoms with E-state index in [1.54, 1.807) is 17.1 Å². The lowest BCUT2D eigenvalue weighted by atomic mass is 10.2. The van der Waals surface area contributed by atoms with Gasteiger partial charge < -0.3 is 5.32 Å². The molecule has 2 rings (SSSR count). The summed E-state index contributed by atoms with van der Waals surface area (Å²) in [7, 11) is 1.85. The summed E-state index contributed by atoms with van der Waals surface area (Å²) in [5.41, 5.74) is 1.81. The van der Waals surface area contributed by atoms with Crippen LogP contribution in [0.2, 0.25) is 0 Å². The normalized spacial score (nSPS) is 10.7. The van der Waals surface area contributed by atoms with Crippen molar-refractivity contribution in [3.05, 3.63) is 24.0 Å². The van der Waals surface area contributed by atoms with E-state index in [2.05, 4.69) is 28.0 Å². The molecule has 0 fully saturated rings. The molecule has 0 unspecified atom stereocenters. The molecule has 2 aromatic heterocycles. The van der Waals surface area contributed by atoms with Crippen molar-refractivity contribution in [3.63, 3.8) is 0 Å². The lowest BCUT2D eigenvalue weighted by Crippen LogP contribution is -2.22. The summed E-state index contributed by atoms with van der Waals surface area (Å²) in [6.45, 7) is 0.491. The molecule has 17 heavy (non-hydrogen) atoms. The highest BCUT2D eigenvalue weighted by atomic mass is 32.1. The number of aryl methyl sites for hydroxylation is 1. The first kappa shape index (κ1) is 11.9. The van der Waals surface area contributed by atoms with E-state index in [0.29, 0.717) is 18.7 Å². The Morgan fingerprint density at radius 3 is 3.12 bits per heavy atom. The zero-order chi connectivity index (χ0) is 12.3. The number of thiol groups is 1. The van der Waals surface area contributed by atoms with E-state index < -0.39 is 0 Å². The van der Waals surface area contributed by atoms with Gasteiger partial charge in [-0.05, 0) is 17.4 Å². The van der Waals surface area contributed by atoms with Crippen molar-refractivity contribution < 1.29 is 4.79 Å². The summed E-state index contributed by atoms with van der Waals surface area (Å²) in [6.07, 6.45) is 3.96. The fourth-order valence-corrected chi connectivity index (χ4v) is 1.78. The van der Waals surface area contributed by atoms with Crippen LogP contribution >= 0.6 is 12.6 Å². The van der Waals surface area contributed by atoms with Gasteiger partial charge in [0.2, 0.25) is 5.91 Å². The molecule has 6 heteroatoms. The van der Waals surface area contributed by atoms with Crippen LogP contribution in [0.1, 0.15) is 12.0 Å². The Labute approximate surface area is 105 Å². The number of hydrogen-bond acceptors (Lipinski definition) is 4. The van der Waals surface area contributed by atoms with E-state index in [9.17, 15) is 4.79 Å². The second-order valence-corrected chi connectivity index (χ2v) is 4.22. The molecule has 2 heterocycles. The Morgan fingerprint density at radius 2 is 2.35 bits per heavy atom. The van der Waals surface area contributed by atoms with Gasteiger partial charge >= 0.3 is 0 Å². The van der Waals surface area contributed by atoms with Gasteiger partial charge in [0.1, 0.15) is 0 Å². The summed E-state index contributed by atoms with van der Waals surface area (Å²) >= 11 is 4.01. The summed E-state index contributed by atoms with van der Waals surface area (Å²) in [5, 5.41) is 7.91. The topological polar surface area (TPSA) is 59.8 Å². The van der Waals surface area contributed by atoms with Crippen molar-refractivity contribution in [3.8, 4) is 0 Å². The maximum absolute atomic E-state index is 11.3. The Kier molecular flexibility index (Phi) is 3.63. The van der Waals surface area contributed by atoms with Gasteiger partial charge in [0.25, 0.3) is 0 Å². The van der Waals surface area contributed by atoms with Gasteiger partial charge in [-0.2, -0.15) is 17.7 Å². The van der Waals surface area contributed by atoms with E-state index in [1.807, 2.05) is 13.1 Å². The number of hydrogen-bond donors (Lipinski definition) is 2. The van der Waals surface area contributed by atoms with Crippen LogP contribution < -0.4 is 5.32 Å². The minimum atomic E-state index is 0.00582. The molecule has 0 saturated heterocycles. The Morgan fingerprint density at radius 1 is 1.53 bits per heavy atom. The van der Waals surface area contributed by atoms with Crippen LogP contribution in [-0.2, 0) is 18.4 Å². The average molecular weight is 250 g/mol. The van der Waals surface area contributed by atoms with Crippen LogP contribution in [0.15, 0.2) is 18.5 Å². The predicted molar refractivity (Wildman–Crippen MR) is 68.8 cm³/mol. The van der Waals surface area contributed by atoms with Gasteiger partial charge in [-0.15, -0.1) is 0 Å². The minimum Gasteiger partial charge on any atom is -0.352 e. The maximum atomic E-state index is 11.3. The van der Waals surface area contributed by atoms with Gasteiger partial charge in [-0.25, -0.2) is 4.98 Å². The largest absolute Gasteiger partial charge is 0.352 e. The Bertz CT molecular complexity index is 537. The number of carbonyl (C=O) groups is 1. The molecule has 0 aliphatic heterocycles. The van der Waals surface area contributed by atoms with Crippen molar-refractivity contribution in [1.82, 2.24) is 20.1 Å². The number of carbonyl (C=O) groups excluding carboxylic acids is 1. The van der Waals surface area contributed by atoms with Crippen LogP contribution in [0.4, 0.5) is 0 Å². The first-order chi connectivity index (χ1) is 8.20. The molecule has 0 spiro atoms. The molecule has 0 saturated carbocycles. The zero-order valence-electron chi connectivity index (χ0n) is 9.55. The van der Waals surface area contributed by atoms with Crippen molar-refractivity contribution in [2.45, 2.75) is 13.0 Å². The minimum absolute atomic E-state index is 0.00582. The molecule has 1 amide bonds. The highest BCUT2D eigenvalue weighted by Crippen LogP contribution is 2.11. The summed E-state index contributed by atoms with van der Waals surface area (Å²) in [4.78, 5) is 15.6. The van der Waals surface area contributed by atoms with Gasteiger partial charge in [0, 0.05) is 31.6 Å². The van der Waals surface area contributed by atoms with Crippen molar-refractivity contribution in [2.75, 3.05) is 5.75 Å². The first-order valence-corrected chi connectivity index (χ1v) is 5.98. The zero-order valence-corrected chi connectivity index (χ0v) is 10.4. The second kappa shape index (κ2) is 5.18. The van der Waals surface area contributed by atoms with E-state index in [0.717, 1.165) is 16.6 Å². The average Bonchev–Trinajstić information content (AvgIpc) is 2.69. The summed E-state index contributed by atoms with van der Waals surface area (Å²) < 4.78 is 1.72. The van der Waals surface area contributed by atoms with Crippen LogP contribution in [0, 0.1) is 0 Å². The number of aromatic nitrogens is 3. The molecule has 2 aromatic rings. The molecule has 0 aliphatic carbocycles. The number of amides is 1. The van der Waals surface area contributed by atoms with Crippen molar-refractivity contribution >= 4 is 29.6 Å². The molecule has 0 aliphatic rings. The molecule has 5 nitrogen and oxygen atoms in total. The summed E-state index contributed by atoms with van der Waals surface area (Å²) in [5.74, 6) is 0.567. The van der Waals surface area contributed by atoms with Gasteiger partial charge in [-0.1, -0.05) is 0 Å². The molecule has 0 radical (unpaired) electrons. The van der Waals surface area contributed by atoms with Crippen LogP contribution in [0.5, 0.6) is 0 Å². The van der Waals surface area contributed by atoms with E-state index in [4.69, 9.17) is 0 Å². The molecular weight excluding hydrogens is 236 g/mol. The highest BCUT2D eigenvalue weighted by Gasteiger charge is 2.04. The predicted octanol–water partition coefficient (Wildman–Crippen LogP) is 0.904. The number of nitrogens with one attached hydrogen (secondary N) is 1. The molecule has 90 valence electrons. The lowest BCUT2D eigenvalue weighted by Gasteiger charge is -2.04. The quantitative estimate of drug-likeness (QED) is 0.793. The highest BCUT2D eigenvalue weighted by molar-refractivity contribution is 7.80. The molecule has 0 atom stereocenters. The van der Waals surface area contributed by atoms with E-state index in [-0.39, 0.29) is 5.91 Å². The smallest absolute Gasteiger partial charge is 0.221 e. The monoisotopic (exact) mass is 250 g/mol. The Hall–Kier alpha value is -1.56. The third-order valence-corrected chi connectivity index (χ3v) is 2.68. The molecule has 0 aromatic carbocycles. The first-order valence-electron chi connectivity index (χ1n) is 5.35. The third-order valence-electron chi connectivity index (χ3n) is 2.46. The number of fused-ring (bicyclic) bond motifs is 1. The van der Waals surface area contributed by atoms with Crippen LogP contribution in [0.25, 0.3) is 11.0 Å². The number of pyridine rings is 1. The third kappa shape index (κ3) is 2.76. The SMILES string of the molecule is Cn1ncc2cc(CNC(=O)CCS)cnc21. The lowest BCUT2D eigenvalue weighted by molar-refractivity contribution is -0.120. The standard InChI is InChI=1S/C11H14N4OS/c1-15-11-9(7-14-15)4-8(6-13-11)5-12-10(16)2-3-17/h4,6-7,17H,2-3,5H2,1H3,(H,12,16). The van der Waals surface area contributed by atoms with Crippen LogP contribution in [0.3, 0.4) is 0 Å². The maximum Gasteiger partial charge on any atom is 0.221 e. The van der Waals surface area contributed by atoms with Gasteiger partial charge in [0.15, 0.2) is 5.65 Å². The van der Waals surface area contributed by atoms with E-state index >= 15 is 0 Å².